The summed E-state index contributed by atoms with van der Waals surface area (Å²) in [6, 6.07) is 1.74. The van der Waals surface area contributed by atoms with Crippen LogP contribution in [0, 0.1) is 5.95 Å². The lowest BCUT2D eigenvalue weighted by Crippen LogP contribution is -2.33. The third-order valence-electron chi connectivity index (χ3n) is 2.38. The number of hydrogen-bond donors (Lipinski definition) is 0. The Balaban J connectivity index is 2.89. The fourth-order valence-corrected chi connectivity index (χ4v) is 1.40. The summed E-state index contributed by atoms with van der Waals surface area (Å²) in [7, 11) is 0. The Hall–Kier alpha value is -1.19. The van der Waals surface area contributed by atoms with Crippen LogP contribution in [0.3, 0.4) is 0 Å². The van der Waals surface area contributed by atoms with Gasteiger partial charge in [-0.2, -0.15) is 4.39 Å². The van der Waals surface area contributed by atoms with Gasteiger partial charge in [-0.3, -0.25) is 0 Å². The van der Waals surface area contributed by atoms with Crippen LogP contribution in [-0.2, 0) is 0 Å². The van der Waals surface area contributed by atoms with Crippen molar-refractivity contribution in [2.75, 3.05) is 11.4 Å². The molecular weight excluding hydrogens is 181 g/mol. The van der Waals surface area contributed by atoms with Gasteiger partial charge in [0.2, 0.25) is 5.95 Å². The summed E-state index contributed by atoms with van der Waals surface area (Å²) in [6.07, 6.45) is 2.27. The van der Waals surface area contributed by atoms with E-state index >= 15 is 0 Å². The summed E-state index contributed by atoms with van der Waals surface area (Å²) in [5.74, 6) is 0.186. The summed E-state index contributed by atoms with van der Waals surface area (Å²) in [4.78, 5) is 9.55. The molecule has 1 aromatic rings. The molecule has 1 aromatic heterocycles. The molecule has 1 heterocycles. The number of nitrogens with zero attached hydrogens (tertiary/aromatic N) is 3. The third-order valence-corrected chi connectivity index (χ3v) is 2.38. The maximum absolute atomic E-state index is 12.9. The van der Waals surface area contributed by atoms with E-state index in [9.17, 15) is 4.39 Å². The smallest absolute Gasteiger partial charge is 0.218 e. The first-order valence-electron chi connectivity index (χ1n) is 4.93. The molecule has 0 amide bonds. The first-order chi connectivity index (χ1) is 6.69. The summed E-state index contributed by atoms with van der Waals surface area (Å²) in [5.41, 5.74) is 0. The van der Waals surface area contributed by atoms with Crippen LogP contribution in [0.25, 0.3) is 0 Å². The molecule has 0 aromatic carbocycles. The zero-order chi connectivity index (χ0) is 10.6. The summed E-state index contributed by atoms with van der Waals surface area (Å²) in [5, 5.41) is 0. The van der Waals surface area contributed by atoms with Crippen molar-refractivity contribution in [3.8, 4) is 0 Å². The largest absolute Gasteiger partial charge is 0.354 e. The minimum atomic E-state index is -0.475. The van der Waals surface area contributed by atoms with Gasteiger partial charge in [-0.05, 0) is 20.3 Å². The van der Waals surface area contributed by atoms with Gasteiger partial charge in [-0.1, -0.05) is 6.92 Å². The second-order valence-corrected chi connectivity index (χ2v) is 3.24. The molecule has 78 valence electrons. The second-order valence-electron chi connectivity index (χ2n) is 3.24. The Morgan fingerprint density at radius 3 is 2.64 bits per heavy atom. The fraction of sp³-hybridized carbons (Fsp3) is 0.600. The van der Waals surface area contributed by atoms with E-state index in [0.29, 0.717) is 11.9 Å². The molecule has 0 N–H and O–H groups in total. The van der Waals surface area contributed by atoms with Gasteiger partial charge in [-0.15, -0.1) is 0 Å². The normalized spacial score (nSPS) is 12.6. The molecule has 0 bridgehead atoms. The summed E-state index contributed by atoms with van der Waals surface area (Å²) >= 11 is 0. The van der Waals surface area contributed by atoms with Gasteiger partial charge in [0.15, 0.2) is 0 Å². The molecule has 3 nitrogen and oxygen atoms in total. The van der Waals surface area contributed by atoms with Crippen LogP contribution < -0.4 is 4.90 Å². The number of anilines is 1. The molecule has 0 aliphatic rings. The van der Waals surface area contributed by atoms with Crippen molar-refractivity contribution < 1.29 is 4.39 Å². The van der Waals surface area contributed by atoms with E-state index in [-0.39, 0.29) is 0 Å². The summed E-state index contributed by atoms with van der Waals surface area (Å²) < 4.78 is 12.9. The maximum atomic E-state index is 12.9. The standard InChI is InChI=1S/C10H16FN3/c1-4-8(3)14(5-2)10-6-9(11)12-7-13-10/h6-8H,4-5H2,1-3H3. The topological polar surface area (TPSA) is 29.0 Å². The minimum Gasteiger partial charge on any atom is -0.354 e. The average molecular weight is 197 g/mol. The fourth-order valence-electron chi connectivity index (χ4n) is 1.40. The van der Waals surface area contributed by atoms with E-state index in [4.69, 9.17) is 0 Å². The molecule has 0 aliphatic carbocycles. The van der Waals surface area contributed by atoms with Gasteiger partial charge in [0.1, 0.15) is 12.1 Å². The molecule has 0 saturated heterocycles. The Labute approximate surface area is 84.0 Å². The number of halogens is 1. The van der Waals surface area contributed by atoms with Crippen molar-refractivity contribution in [3.05, 3.63) is 18.3 Å². The molecule has 1 atom stereocenters. The monoisotopic (exact) mass is 197 g/mol. The van der Waals surface area contributed by atoms with Crippen molar-refractivity contribution in [1.82, 2.24) is 9.97 Å². The van der Waals surface area contributed by atoms with Crippen LogP contribution in [0.1, 0.15) is 27.2 Å². The van der Waals surface area contributed by atoms with E-state index in [0.717, 1.165) is 13.0 Å². The Bertz CT molecular complexity index is 290. The van der Waals surface area contributed by atoms with Crippen LogP contribution in [0.5, 0.6) is 0 Å². The highest BCUT2D eigenvalue weighted by molar-refractivity contribution is 5.37. The van der Waals surface area contributed by atoms with Crippen LogP contribution in [0.2, 0.25) is 0 Å². The Morgan fingerprint density at radius 1 is 1.43 bits per heavy atom. The minimum absolute atomic E-state index is 0.370. The van der Waals surface area contributed by atoms with E-state index < -0.39 is 5.95 Å². The molecule has 0 fully saturated rings. The van der Waals surface area contributed by atoms with E-state index in [1.54, 1.807) is 0 Å². The zero-order valence-electron chi connectivity index (χ0n) is 8.87. The van der Waals surface area contributed by atoms with E-state index in [2.05, 4.69) is 28.7 Å². The lowest BCUT2D eigenvalue weighted by Gasteiger charge is -2.27. The molecule has 1 rings (SSSR count). The van der Waals surface area contributed by atoms with Crippen LogP contribution in [0.4, 0.5) is 10.2 Å². The maximum Gasteiger partial charge on any atom is 0.218 e. The van der Waals surface area contributed by atoms with Crippen LogP contribution in [-0.4, -0.2) is 22.6 Å². The van der Waals surface area contributed by atoms with E-state index in [1.807, 2.05) is 6.92 Å². The van der Waals surface area contributed by atoms with Crippen LogP contribution in [0.15, 0.2) is 12.4 Å². The SMILES string of the molecule is CCC(C)N(CC)c1cc(F)ncn1. The van der Waals surface area contributed by atoms with Crippen molar-refractivity contribution in [2.45, 2.75) is 33.2 Å². The van der Waals surface area contributed by atoms with Crippen molar-refractivity contribution >= 4 is 5.82 Å². The highest BCUT2D eigenvalue weighted by Gasteiger charge is 2.12. The van der Waals surface area contributed by atoms with Crippen molar-refractivity contribution in [3.63, 3.8) is 0 Å². The quantitative estimate of drug-likeness (QED) is 0.693. The molecular formula is C10H16FN3. The van der Waals surface area contributed by atoms with Crippen molar-refractivity contribution in [2.24, 2.45) is 0 Å². The first-order valence-corrected chi connectivity index (χ1v) is 4.93. The van der Waals surface area contributed by atoms with E-state index in [1.165, 1.54) is 12.4 Å². The Morgan fingerprint density at radius 2 is 2.14 bits per heavy atom. The lowest BCUT2D eigenvalue weighted by molar-refractivity contribution is 0.570. The molecule has 4 heteroatoms. The average Bonchev–Trinajstić information content (AvgIpc) is 2.19. The molecule has 0 aliphatic heterocycles. The Kier molecular flexibility index (Phi) is 3.80. The van der Waals surface area contributed by atoms with Crippen LogP contribution >= 0.6 is 0 Å². The molecule has 1 unspecified atom stereocenters. The van der Waals surface area contributed by atoms with Gasteiger partial charge in [0.05, 0.1) is 0 Å². The highest BCUT2D eigenvalue weighted by Crippen LogP contribution is 2.14. The lowest BCUT2D eigenvalue weighted by atomic mass is 10.2. The number of hydrogen-bond acceptors (Lipinski definition) is 3. The second kappa shape index (κ2) is 4.88. The van der Waals surface area contributed by atoms with Gasteiger partial charge in [0, 0.05) is 18.7 Å². The van der Waals surface area contributed by atoms with Gasteiger partial charge >= 0.3 is 0 Å². The molecule has 0 saturated carbocycles. The zero-order valence-corrected chi connectivity index (χ0v) is 8.87. The van der Waals surface area contributed by atoms with Crippen molar-refractivity contribution in [1.29, 1.82) is 0 Å². The number of aromatic nitrogens is 2. The molecule has 0 radical (unpaired) electrons. The third kappa shape index (κ3) is 2.40. The molecule has 0 spiro atoms. The predicted octanol–water partition coefficient (Wildman–Crippen LogP) is 2.24. The molecule has 14 heavy (non-hydrogen) atoms. The summed E-state index contributed by atoms with van der Waals surface area (Å²) in [6.45, 7) is 7.06. The van der Waals surface area contributed by atoms with Gasteiger partial charge in [0.25, 0.3) is 0 Å². The first kappa shape index (κ1) is 10.9. The van der Waals surface area contributed by atoms with Gasteiger partial charge < -0.3 is 4.90 Å². The number of rotatable bonds is 4. The van der Waals surface area contributed by atoms with Gasteiger partial charge in [-0.25, -0.2) is 9.97 Å². The highest BCUT2D eigenvalue weighted by atomic mass is 19.1. The predicted molar refractivity (Wildman–Crippen MR) is 54.8 cm³/mol.